The number of carboxylic acids is 2. The molecule has 0 bridgehead atoms. The van der Waals surface area contributed by atoms with Crippen molar-refractivity contribution in [3.8, 4) is 0 Å². The Labute approximate surface area is 181 Å². The summed E-state index contributed by atoms with van der Waals surface area (Å²) in [7, 11) is 0. The number of hydrogen-bond donors (Lipinski definition) is 3. The second-order valence-corrected chi connectivity index (χ2v) is 7.89. The number of ether oxygens (including phenoxy) is 1. The normalized spacial score (nSPS) is 13.1. The van der Waals surface area contributed by atoms with Gasteiger partial charge in [-0.25, -0.2) is 0 Å². The van der Waals surface area contributed by atoms with Gasteiger partial charge in [0, 0.05) is 6.42 Å². The highest BCUT2D eigenvalue weighted by Gasteiger charge is 2.17. The second-order valence-electron chi connectivity index (χ2n) is 7.89. The lowest BCUT2D eigenvalue weighted by molar-refractivity contribution is -0.140. The van der Waals surface area contributed by atoms with Crippen LogP contribution in [-0.4, -0.2) is 40.8 Å². The first-order chi connectivity index (χ1) is 14.5. The van der Waals surface area contributed by atoms with Crippen LogP contribution in [0.15, 0.2) is 30.3 Å². The maximum atomic E-state index is 11.5. The smallest absolute Gasteiger partial charge is 0.320 e. The van der Waals surface area contributed by atoms with Gasteiger partial charge in [0.05, 0.1) is 12.7 Å². The summed E-state index contributed by atoms with van der Waals surface area (Å²) in [5.74, 6) is -1.60. The number of carbonyl (C=O) groups is 2. The second kappa shape index (κ2) is 16.8. The Hall–Kier alpha value is -1.92. The van der Waals surface area contributed by atoms with Gasteiger partial charge in [-0.3, -0.25) is 9.59 Å². The number of hydrogen-bond acceptors (Lipinski definition) is 4. The van der Waals surface area contributed by atoms with E-state index in [-0.39, 0.29) is 12.5 Å². The van der Waals surface area contributed by atoms with Crippen molar-refractivity contribution in [3.05, 3.63) is 35.9 Å². The van der Waals surface area contributed by atoms with Gasteiger partial charge in [-0.05, 0) is 37.8 Å². The molecule has 2 atom stereocenters. The lowest BCUT2D eigenvalue weighted by atomic mass is 10.0. The van der Waals surface area contributed by atoms with Gasteiger partial charge in [-0.1, -0.05) is 75.8 Å². The Morgan fingerprint density at radius 2 is 1.63 bits per heavy atom. The van der Waals surface area contributed by atoms with E-state index in [1.807, 2.05) is 18.2 Å². The zero-order valence-electron chi connectivity index (χ0n) is 18.4. The molecule has 1 aromatic carbocycles. The fourth-order valence-electron chi connectivity index (χ4n) is 3.43. The minimum absolute atomic E-state index is 0.120. The quantitative estimate of drug-likeness (QED) is 0.272. The number of benzene rings is 1. The van der Waals surface area contributed by atoms with Crippen molar-refractivity contribution in [1.82, 2.24) is 5.32 Å². The molecule has 2 unspecified atom stereocenters. The average molecular weight is 422 g/mol. The van der Waals surface area contributed by atoms with Gasteiger partial charge in [0.1, 0.15) is 6.04 Å². The SMILES string of the molecule is CCCCCC(CCNC(CCCCCCC(=O)O)C(=O)O)OCc1ccccc1. The highest BCUT2D eigenvalue weighted by molar-refractivity contribution is 5.73. The minimum atomic E-state index is -0.826. The molecule has 6 heteroatoms. The van der Waals surface area contributed by atoms with Gasteiger partial charge in [-0.15, -0.1) is 0 Å². The summed E-state index contributed by atoms with van der Waals surface area (Å²) in [5.41, 5.74) is 1.15. The van der Waals surface area contributed by atoms with Crippen molar-refractivity contribution in [2.24, 2.45) is 0 Å². The molecule has 0 aliphatic carbocycles. The van der Waals surface area contributed by atoms with Crippen LogP contribution in [0.2, 0.25) is 0 Å². The van der Waals surface area contributed by atoms with E-state index in [2.05, 4.69) is 24.4 Å². The van der Waals surface area contributed by atoms with Crippen LogP contribution in [0.4, 0.5) is 0 Å². The van der Waals surface area contributed by atoms with Gasteiger partial charge in [0.2, 0.25) is 0 Å². The Kier molecular flexibility index (Phi) is 14.7. The van der Waals surface area contributed by atoms with E-state index in [0.29, 0.717) is 26.0 Å². The first-order valence-corrected chi connectivity index (χ1v) is 11.4. The average Bonchev–Trinajstić information content (AvgIpc) is 2.73. The Morgan fingerprint density at radius 3 is 2.30 bits per heavy atom. The maximum Gasteiger partial charge on any atom is 0.320 e. The molecule has 1 rings (SSSR count). The van der Waals surface area contributed by atoms with Crippen molar-refractivity contribution in [1.29, 1.82) is 0 Å². The Balaban J connectivity index is 2.34. The highest BCUT2D eigenvalue weighted by Crippen LogP contribution is 2.14. The van der Waals surface area contributed by atoms with Crippen LogP contribution >= 0.6 is 0 Å². The molecule has 0 radical (unpaired) electrons. The molecular formula is C24H39NO5. The van der Waals surface area contributed by atoms with Crippen molar-refractivity contribution in [2.45, 2.75) is 96.3 Å². The van der Waals surface area contributed by atoms with Crippen LogP contribution < -0.4 is 5.32 Å². The molecule has 6 nitrogen and oxygen atoms in total. The Bertz CT molecular complexity index is 578. The minimum Gasteiger partial charge on any atom is -0.481 e. The van der Waals surface area contributed by atoms with E-state index in [9.17, 15) is 14.7 Å². The van der Waals surface area contributed by atoms with E-state index >= 15 is 0 Å². The fourth-order valence-corrected chi connectivity index (χ4v) is 3.43. The Morgan fingerprint density at radius 1 is 0.933 bits per heavy atom. The molecular weight excluding hydrogens is 382 g/mol. The van der Waals surface area contributed by atoms with Crippen molar-refractivity contribution < 1.29 is 24.5 Å². The third kappa shape index (κ3) is 13.3. The summed E-state index contributed by atoms with van der Waals surface area (Å²) in [6.45, 7) is 3.37. The number of nitrogens with one attached hydrogen (secondary N) is 1. The molecule has 0 aliphatic rings. The van der Waals surface area contributed by atoms with Gasteiger partial charge in [0.25, 0.3) is 0 Å². The highest BCUT2D eigenvalue weighted by atomic mass is 16.5. The molecule has 0 aliphatic heterocycles. The van der Waals surface area contributed by atoms with Crippen LogP contribution in [0, 0.1) is 0 Å². The molecule has 0 fully saturated rings. The zero-order valence-corrected chi connectivity index (χ0v) is 18.4. The lowest BCUT2D eigenvalue weighted by Gasteiger charge is -2.20. The summed E-state index contributed by atoms with van der Waals surface area (Å²) >= 11 is 0. The summed E-state index contributed by atoms with van der Waals surface area (Å²) in [4.78, 5) is 22.0. The molecule has 0 heterocycles. The standard InChI is InChI=1S/C24H39NO5/c1-2-3-7-14-21(30-19-20-12-8-6-9-13-20)17-18-25-22(24(28)29)15-10-4-5-11-16-23(26)27/h6,8-9,12-13,21-22,25H,2-5,7,10-11,14-19H2,1H3,(H,26,27)(H,28,29). The summed E-state index contributed by atoms with van der Waals surface area (Å²) < 4.78 is 6.13. The predicted octanol–water partition coefficient (Wildman–Crippen LogP) is 5.01. The van der Waals surface area contributed by atoms with E-state index in [1.165, 1.54) is 6.42 Å². The van der Waals surface area contributed by atoms with Crippen LogP contribution in [0.25, 0.3) is 0 Å². The van der Waals surface area contributed by atoms with Gasteiger partial charge in [0.15, 0.2) is 0 Å². The van der Waals surface area contributed by atoms with E-state index in [1.54, 1.807) is 0 Å². The maximum absolute atomic E-state index is 11.5. The first-order valence-electron chi connectivity index (χ1n) is 11.4. The fraction of sp³-hybridized carbons (Fsp3) is 0.667. The van der Waals surface area contributed by atoms with E-state index in [4.69, 9.17) is 9.84 Å². The molecule has 0 saturated heterocycles. The van der Waals surface area contributed by atoms with E-state index < -0.39 is 18.0 Å². The molecule has 30 heavy (non-hydrogen) atoms. The molecule has 0 spiro atoms. The third-order valence-corrected chi connectivity index (χ3v) is 5.25. The topological polar surface area (TPSA) is 95.9 Å². The summed E-state index contributed by atoms with van der Waals surface area (Å²) in [5, 5.41) is 21.3. The molecule has 0 amide bonds. The first kappa shape index (κ1) is 26.1. The molecule has 3 N–H and O–H groups in total. The largest absolute Gasteiger partial charge is 0.481 e. The summed E-state index contributed by atoms with van der Waals surface area (Å²) in [6, 6.07) is 9.55. The van der Waals surface area contributed by atoms with Crippen molar-refractivity contribution in [3.63, 3.8) is 0 Å². The molecule has 0 aromatic heterocycles. The number of unbranched alkanes of at least 4 members (excludes halogenated alkanes) is 5. The number of rotatable bonds is 19. The van der Waals surface area contributed by atoms with Gasteiger partial charge < -0.3 is 20.3 Å². The van der Waals surface area contributed by atoms with Gasteiger partial charge >= 0.3 is 11.9 Å². The lowest BCUT2D eigenvalue weighted by Crippen LogP contribution is -2.38. The van der Waals surface area contributed by atoms with Crippen molar-refractivity contribution in [2.75, 3.05) is 6.54 Å². The monoisotopic (exact) mass is 421 g/mol. The van der Waals surface area contributed by atoms with Crippen LogP contribution in [0.3, 0.4) is 0 Å². The van der Waals surface area contributed by atoms with Crippen molar-refractivity contribution >= 4 is 11.9 Å². The van der Waals surface area contributed by atoms with Crippen LogP contribution in [0.5, 0.6) is 0 Å². The third-order valence-electron chi connectivity index (χ3n) is 5.25. The van der Waals surface area contributed by atoms with Crippen LogP contribution in [0.1, 0.15) is 83.1 Å². The van der Waals surface area contributed by atoms with Crippen LogP contribution in [-0.2, 0) is 20.9 Å². The van der Waals surface area contributed by atoms with E-state index in [0.717, 1.165) is 50.5 Å². The molecule has 170 valence electrons. The summed E-state index contributed by atoms with van der Waals surface area (Å²) in [6.07, 6.45) is 9.23. The molecule has 0 saturated carbocycles. The number of aliphatic carboxylic acids is 2. The molecule has 1 aromatic rings. The zero-order chi connectivity index (χ0) is 22.0. The predicted molar refractivity (Wildman–Crippen MR) is 119 cm³/mol. The van der Waals surface area contributed by atoms with Gasteiger partial charge in [-0.2, -0.15) is 0 Å². The number of carboxylic acid groups (broad SMARTS) is 2.